The maximum atomic E-state index is 13.3. The van der Waals surface area contributed by atoms with Crippen molar-refractivity contribution >= 4 is 17.4 Å². The normalized spacial score (nSPS) is 21.5. The van der Waals surface area contributed by atoms with Gasteiger partial charge in [-0.25, -0.2) is 0 Å². The van der Waals surface area contributed by atoms with Crippen LogP contribution in [0.5, 0.6) is 17.2 Å². The number of amides is 1. The van der Waals surface area contributed by atoms with E-state index in [4.69, 9.17) is 18.9 Å². The van der Waals surface area contributed by atoms with Crippen molar-refractivity contribution in [3.05, 3.63) is 59.2 Å². The molecule has 184 valence electrons. The zero-order valence-corrected chi connectivity index (χ0v) is 19.6. The van der Waals surface area contributed by atoms with E-state index in [2.05, 4.69) is 4.90 Å². The lowest BCUT2D eigenvalue weighted by molar-refractivity contribution is -0.140. The number of ketones is 1. The van der Waals surface area contributed by atoms with Gasteiger partial charge >= 0.3 is 0 Å². The maximum absolute atomic E-state index is 13.3. The number of aliphatic hydroxyl groups excluding tert-OH is 1. The van der Waals surface area contributed by atoms with Crippen LogP contribution in [0.2, 0.25) is 0 Å². The Morgan fingerprint density at radius 2 is 1.83 bits per heavy atom. The maximum Gasteiger partial charge on any atom is 0.295 e. The van der Waals surface area contributed by atoms with Crippen LogP contribution in [-0.4, -0.2) is 79.9 Å². The Balaban J connectivity index is 1.51. The number of Topliss-reactive ketones (excluding diaryl/α,β-unsaturated/α-hetero) is 1. The number of benzene rings is 2. The molecule has 5 rings (SSSR count). The molecule has 2 saturated heterocycles. The SMILES string of the molecule is COc1ccccc1C1/C(=C(\O)c2ccc3c(c2)OCO3)C(=O)C(=O)N1CCCN1CCOCC1. The van der Waals surface area contributed by atoms with E-state index in [9.17, 15) is 14.7 Å². The van der Waals surface area contributed by atoms with Crippen LogP contribution in [0.3, 0.4) is 0 Å². The lowest BCUT2D eigenvalue weighted by Gasteiger charge is -2.29. The Morgan fingerprint density at radius 3 is 2.63 bits per heavy atom. The van der Waals surface area contributed by atoms with Gasteiger partial charge in [-0.3, -0.25) is 14.5 Å². The third-order valence-electron chi connectivity index (χ3n) is 6.60. The van der Waals surface area contributed by atoms with Gasteiger partial charge in [0.05, 0.1) is 31.9 Å². The van der Waals surface area contributed by atoms with Crippen molar-refractivity contribution in [3.63, 3.8) is 0 Å². The highest BCUT2D eigenvalue weighted by Crippen LogP contribution is 2.43. The molecule has 0 radical (unpaired) electrons. The molecule has 3 aliphatic heterocycles. The number of rotatable bonds is 7. The van der Waals surface area contributed by atoms with Gasteiger partial charge in [-0.05, 0) is 30.7 Å². The molecule has 0 saturated carbocycles. The number of methoxy groups -OCH3 is 1. The third-order valence-corrected chi connectivity index (χ3v) is 6.60. The van der Waals surface area contributed by atoms with E-state index in [1.165, 1.54) is 0 Å². The van der Waals surface area contributed by atoms with Gasteiger partial charge in [0.15, 0.2) is 11.5 Å². The summed E-state index contributed by atoms with van der Waals surface area (Å²) >= 11 is 0. The molecule has 1 N–H and O–H groups in total. The van der Waals surface area contributed by atoms with Gasteiger partial charge in [0.1, 0.15) is 11.5 Å². The molecule has 9 nitrogen and oxygen atoms in total. The molecule has 2 fully saturated rings. The fourth-order valence-electron chi connectivity index (χ4n) is 4.82. The van der Waals surface area contributed by atoms with Crippen molar-refractivity contribution in [2.45, 2.75) is 12.5 Å². The summed E-state index contributed by atoms with van der Waals surface area (Å²) in [5.74, 6) is -0.0379. The highest BCUT2D eigenvalue weighted by atomic mass is 16.7. The number of aliphatic hydroxyl groups is 1. The number of likely N-dealkylation sites (tertiary alicyclic amines) is 1. The highest BCUT2D eigenvalue weighted by Gasteiger charge is 2.46. The predicted molar refractivity (Wildman–Crippen MR) is 126 cm³/mol. The monoisotopic (exact) mass is 480 g/mol. The highest BCUT2D eigenvalue weighted by molar-refractivity contribution is 6.46. The molecule has 2 aromatic carbocycles. The summed E-state index contributed by atoms with van der Waals surface area (Å²) in [5, 5.41) is 11.3. The van der Waals surface area contributed by atoms with E-state index in [1.807, 2.05) is 18.2 Å². The molecule has 1 amide bonds. The Bertz CT molecular complexity index is 1160. The molecule has 9 heteroatoms. The largest absolute Gasteiger partial charge is 0.507 e. The van der Waals surface area contributed by atoms with Gasteiger partial charge < -0.3 is 29.0 Å². The summed E-state index contributed by atoms with van der Waals surface area (Å²) in [7, 11) is 1.54. The van der Waals surface area contributed by atoms with E-state index in [-0.39, 0.29) is 18.1 Å². The molecular weight excluding hydrogens is 452 g/mol. The first kappa shape index (κ1) is 23.2. The number of hydrogen-bond acceptors (Lipinski definition) is 8. The Morgan fingerprint density at radius 1 is 1.06 bits per heavy atom. The van der Waals surface area contributed by atoms with Crippen LogP contribution in [0.1, 0.15) is 23.6 Å². The first-order valence-corrected chi connectivity index (χ1v) is 11.7. The number of carbonyl (C=O) groups is 2. The predicted octanol–water partition coefficient (Wildman–Crippen LogP) is 2.57. The number of fused-ring (bicyclic) bond motifs is 1. The van der Waals surface area contributed by atoms with Crippen molar-refractivity contribution in [1.29, 1.82) is 0 Å². The van der Waals surface area contributed by atoms with Crippen LogP contribution < -0.4 is 14.2 Å². The van der Waals surface area contributed by atoms with Crippen molar-refractivity contribution in [2.24, 2.45) is 0 Å². The average molecular weight is 481 g/mol. The van der Waals surface area contributed by atoms with Gasteiger partial charge in [-0.1, -0.05) is 18.2 Å². The molecule has 2 aromatic rings. The minimum Gasteiger partial charge on any atom is -0.507 e. The van der Waals surface area contributed by atoms with E-state index in [1.54, 1.807) is 36.3 Å². The summed E-state index contributed by atoms with van der Waals surface area (Å²) in [4.78, 5) is 30.3. The van der Waals surface area contributed by atoms with Crippen molar-refractivity contribution in [3.8, 4) is 17.2 Å². The van der Waals surface area contributed by atoms with E-state index in [0.29, 0.717) is 54.6 Å². The molecule has 1 atom stereocenters. The van der Waals surface area contributed by atoms with E-state index >= 15 is 0 Å². The molecule has 3 heterocycles. The summed E-state index contributed by atoms with van der Waals surface area (Å²) < 4.78 is 21.7. The molecular formula is C26H28N2O7. The zero-order chi connectivity index (χ0) is 24.4. The van der Waals surface area contributed by atoms with Gasteiger partial charge in [0.2, 0.25) is 6.79 Å². The quantitative estimate of drug-likeness (QED) is 0.367. The Hall–Kier alpha value is -3.56. The lowest BCUT2D eigenvalue weighted by atomic mass is 9.94. The molecule has 3 aliphatic rings. The van der Waals surface area contributed by atoms with E-state index in [0.717, 1.165) is 19.6 Å². The summed E-state index contributed by atoms with van der Waals surface area (Å²) in [5.41, 5.74) is 1.05. The minimum absolute atomic E-state index is 0.0322. The van der Waals surface area contributed by atoms with Crippen LogP contribution in [0, 0.1) is 0 Å². The second kappa shape index (κ2) is 9.97. The van der Waals surface area contributed by atoms with Gasteiger partial charge in [0.25, 0.3) is 11.7 Å². The number of ether oxygens (including phenoxy) is 4. The van der Waals surface area contributed by atoms with Gasteiger partial charge in [-0.15, -0.1) is 0 Å². The van der Waals surface area contributed by atoms with Crippen LogP contribution >= 0.6 is 0 Å². The smallest absolute Gasteiger partial charge is 0.295 e. The summed E-state index contributed by atoms with van der Waals surface area (Å²) in [6.07, 6.45) is 0.683. The first-order chi connectivity index (χ1) is 17.1. The van der Waals surface area contributed by atoms with Crippen molar-refractivity contribution < 1.29 is 33.6 Å². The standard InChI is InChI=1S/C26H28N2O7/c1-32-19-6-3-2-5-18(19)23-22(24(29)17-7-8-20-21(15-17)35-16-34-20)25(30)26(31)28(23)10-4-9-27-11-13-33-14-12-27/h2-3,5-8,15,23,29H,4,9-14,16H2,1H3/b24-22+. The molecule has 0 bridgehead atoms. The zero-order valence-electron chi connectivity index (χ0n) is 19.6. The van der Waals surface area contributed by atoms with Gasteiger partial charge in [0, 0.05) is 37.3 Å². The van der Waals surface area contributed by atoms with Gasteiger partial charge in [-0.2, -0.15) is 0 Å². The number of hydrogen-bond donors (Lipinski definition) is 1. The molecule has 0 aliphatic carbocycles. The van der Waals surface area contributed by atoms with Crippen LogP contribution in [-0.2, 0) is 14.3 Å². The number of morpholine rings is 1. The topological polar surface area (TPSA) is 97.8 Å². The van der Waals surface area contributed by atoms with E-state index < -0.39 is 17.7 Å². The Labute approximate surface area is 203 Å². The van der Waals surface area contributed by atoms with Crippen LogP contribution in [0.25, 0.3) is 5.76 Å². The lowest BCUT2D eigenvalue weighted by Crippen LogP contribution is -2.39. The molecule has 1 unspecified atom stereocenters. The first-order valence-electron chi connectivity index (χ1n) is 11.7. The average Bonchev–Trinajstić information content (AvgIpc) is 3.46. The number of carbonyl (C=O) groups excluding carboxylic acids is 2. The molecule has 0 spiro atoms. The number of para-hydroxylation sites is 1. The fourth-order valence-corrected chi connectivity index (χ4v) is 4.82. The number of nitrogens with zero attached hydrogens (tertiary/aromatic N) is 2. The fraction of sp³-hybridized carbons (Fsp3) is 0.385. The van der Waals surface area contributed by atoms with Crippen LogP contribution in [0.4, 0.5) is 0 Å². The Kier molecular flexibility index (Phi) is 6.61. The summed E-state index contributed by atoms with van der Waals surface area (Å²) in [6.45, 7) is 4.32. The second-order valence-electron chi connectivity index (χ2n) is 8.61. The summed E-state index contributed by atoms with van der Waals surface area (Å²) in [6, 6.07) is 11.4. The second-order valence-corrected chi connectivity index (χ2v) is 8.61. The molecule has 35 heavy (non-hydrogen) atoms. The van der Waals surface area contributed by atoms with Crippen LogP contribution in [0.15, 0.2) is 48.0 Å². The third kappa shape index (κ3) is 4.44. The van der Waals surface area contributed by atoms with Crippen molar-refractivity contribution in [2.75, 3.05) is 53.3 Å². The van der Waals surface area contributed by atoms with Crippen molar-refractivity contribution in [1.82, 2.24) is 9.80 Å². The molecule has 0 aromatic heterocycles. The minimum atomic E-state index is -0.777.